The van der Waals surface area contributed by atoms with Crippen LogP contribution < -0.4 is 0 Å². The average Bonchev–Trinajstić information content (AvgIpc) is 2.68. The van der Waals surface area contributed by atoms with E-state index in [4.69, 9.17) is 14.9 Å². The van der Waals surface area contributed by atoms with Gasteiger partial charge in [-0.15, -0.1) is 13.2 Å². The van der Waals surface area contributed by atoms with Crippen molar-refractivity contribution in [3.05, 3.63) is 25.3 Å². The van der Waals surface area contributed by atoms with Crippen LogP contribution in [-0.2, 0) is 24.4 Å². The SMILES string of the molecule is C=CCOCC=C.CCCCCCCCCCCCC(CC(=O)O)(C(=O)O)S(=O)(=O)O. The zero-order chi connectivity index (χ0) is 24.2. The van der Waals surface area contributed by atoms with Gasteiger partial charge in [0.05, 0.1) is 19.6 Å². The Bertz CT molecular complexity index is 607. The molecule has 182 valence electrons. The maximum absolute atomic E-state index is 11.4. The zero-order valence-electron chi connectivity index (χ0n) is 18.8. The predicted octanol–water partition coefficient (Wildman–Crippen LogP) is 4.86. The first-order valence-corrected chi connectivity index (χ1v) is 12.2. The van der Waals surface area contributed by atoms with Gasteiger partial charge in [0.2, 0.25) is 4.75 Å². The highest BCUT2D eigenvalue weighted by Crippen LogP contribution is 2.29. The van der Waals surface area contributed by atoms with Crippen molar-refractivity contribution in [2.45, 2.75) is 88.7 Å². The molecule has 0 spiro atoms. The minimum absolute atomic E-state index is 0.245. The Labute approximate surface area is 187 Å². The largest absolute Gasteiger partial charge is 0.481 e. The maximum Gasteiger partial charge on any atom is 0.328 e. The molecule has 0 rings (SSSR count). The minimum atomic E-state index is -5.01. The third kappa shape index (κ3) is 15.7. The van der Waals surface area contributed by atoms with Crippen LogP contribution in [0.25, 0.3) is 0 Å². The summed E-state index contributed by atoms with van der Waals surface area (Å²) in [6.07, 6.45) is 11.7. The van der Waals surface area contributed by atoms with Crippen LogP contribution >= 0.6 is 0 Å². The van der Waals surface area contributed by atoms with Gasteiger partial charge in [-0.05, 0) is 6.42 Å². The lowest BCUT2D eigenvalue weighted by atomic mass is 9.96. The summed E-state index contributed by atoms with van der Waals surface area (Å²) in [7, 11) is -5.01. The quantitative estimate of drug-likeness (QED) is 0.140. The van der Waals surface area contributed by atoms with E-state index < -0.39 is 39.6 Å². The van der Waals surface area contributed by atoms with Gasteiger partial charge in [-0.3, -0.25) is 14.1 Å². The molecule has 0 aliphatic rings. The summed E-state index contributed by atoms with van der Waals surface area (Å²) < 4.78 is 34.3. The van der Waals surface area contributed by atoms with Gasteiger partial charge >= 0.3 is 11.9 Å². The fourth-order valence-corrected chi connectivity index (χ4v) is 3.91. The van der Waals surface area contributed by atoms with Gasteiger partial charge in [0.25, 0.3) is 10.1 Å². The first-order chi connectivity index (χ1) is 14.6. The highest BCUT2D eigenvalue weighted by Gasteiger charge is 2.51. The Morgan fingerprint density at radius 2 is 1.29 bits per heavy atom. The molecule has 0 amide bonds. The van der Waals surface area contributed by atoms with Crippen LogP contribution in [0.1, 0.15) is 84.0 Å². The van der Waals surface area contributed by atoms with Crippen LogP contribution in [0.3, 0.4) is 0 Å². The van der Waals surface area contributed by atoms with Gasteiger partial charge in [0, 0.05) is 0 Å². The van der Waals surface area contributed by atoms with E-state index in [1.165, 1.54) is 25.7 Å². The van der Waals surface area contributed by atoms with Crippen molar-refractivity contribution in [3.63, 3.8) is 0 Å². The molecule has 0 fully saturated rings. The number of rotatable bonds is 19. The molecule has 0 aliphatic heterocycles. The molecule has 0 aromatic carbocycles. The highest BCUT2D eigenvalue weighted by molar-refractivity contribution is 7.88. The normalized spacial score (nSPS) is 12.8. The molecule has 0 bridgehead atoms. The standard InChI is InChI=1S/C16H30O7S.C6H10O/c1-2-3-4-5-6-7-8-9-10-11-12-16(15(19)20,13-14(17)18)24(21,22)23;1-3-5-7-6-4-2/h2-13H2,1H3,(H,17,18)(H,19,20)(H,21,22,23);3-4H,1-2,5-6H2. The molecule has 1 atom stereocenters. The topological polar surface area (TPSA) is 138 Å². The first-order valence-electron chi connectivity index (χ1n) is 10.8. The molecule has 3 N–H and O–H groups in total. The smallest absolute Gasteiger partial charge is 0.328 e. The molecule has 0 aliphatic carbocycles. The zero-order valence-corrected chi connectivity index (χ0v) is 19.6. The van der Waals surface area contributed by atoms with Crippen molar-refractivity contribution in [1.29, 1.82) is 0 Å². The predicted molar refractivity (Wildman–Crippen MR) is 122 cm³/mol. The molecule has 0 saturated heterocycles. The molecule has 9 heteroatoms. The first kappa shape index (κ1) is 31.5. The van der Waals surface area contributed by atoms with E-state index in [2.05, 4.69) is 20.1 Å². The number of unbranched alkanes of at least 4 members (excludes halogenated alkanes) is 9. The summed E-state index contributed by atoms with van der Waals surface area (Å²) in [5.41, 5.74) is 0. The van der Waals surface area contributed by atoms with Crippen LogP contribution in [0.4, 0.5) is 0 Å². The van der Waals surface area contributed by atoms with Gasteiger partial charge in [0.15, 0.2) is 0 Å². The lowest BCUT2D eigenvalue weighted by Gasteiger charge is -2.24. The third-order valence-electron chi connectivity index (χ3n) is 4.73. The summed E-state index contributed by atoms with van der Waals surface area (Å²) in [5, 5.41) is 17.9. The molecule has 31 heavy (non-hydrogen) atoms. The van der Waals surface area contributed by atoms with Crippen molar-refractivity contribution in [3.8, 4) is 0 Å². The Morgan fingerprint density at radius 3 is 1.61 bits per heavy atom. The van der Waals surface area contributed by atoms with E-state index in [0.29, 0.717) is 19.6 Å². The molecule has 0 saturated carbocycles. The molecule has 0 radical (unpaired) electrons. The summed E-state index contributed by atoms with van der Waals surface area (Å²) in [5.74, 6) is -3.38. The third-order valence-corrected chi connectivity index (χ3v) is 6.24. The van der Waals surface area contributed by atoms with Crippen molar-refractivity contribution in [2.24, 2.45) is 0 Å². The van der Waals surface area contributed by atoms with E-state index in [1.807, 2.05) is 0 Å². The van der Waals surface area contributed by atoms with E-state index in [1.54, 1.807) is 12.2 Å². The molecular formula is C22H40O8S. The second-order valence-electron chi connectivity index (χ2n) is 7.39. The van der Waals surface area contributed by atoms with Gasteiger partial charge < -0.3 is 14.9 Å². The molecule has 0 heterocycles. The number of hydrogen-bond acceptors (Lipinski definition) is 5. The monoisotopic (exact) mass is 464 g/mol. The fourth-order valence-electron chi connectivity index (χ4n) is 2.98. The molecule has 1 unspecified atom stereocenters. The fraction of sp³-hybridized carbons (Fsp3) is 0.727. The molecule has 0 aromatic heterocycles. The van der Waals surface area contributed by atoms with E-state index in [-0.39, 0.29) is 6.42 Å². The second kappa shape index (κ2) is 19.0. The lowest BCUT2D eigenvalue weighted by Crippen LogP contribution is -2.48. The van der Waals surface area contributed by atoms with Gasteiger partial charge in [-0.25, -0.2) is 0 Å². The average molecular weight is 465 g/mol. The van der Waals surface area contributed by atoms with Gasteiger partial charge in [-0.2, -0.15) is 8.42 Å². The number of carboxylic acids is 2. The minimum Gasteiger partial charge on any atom is -0.481 e. The number of ether oxygens (including phenoxy) is 1. The van der Waals surface area contributed by atoms with Crippen LogP contribution in [-0.4, -0.2) is 53.1 Å². The van der Waals surface area contributed by atoms with Gasteiger partial charge in [0.1, 0.15) is 0 Å². The van der Waals surface area contributed by atoms with Crippen LogP contribution in [0.15, 0.2) is 25.3 Å². The molecule has 0 aromatic rings. The highest BCUT2D eigenvalue weighted by atomic mass is 32.2. The van der Waals surface area contributed by atoms with E-state index >= 15 is 0 Å². The van der Waals surface area contributed by atoms with Crippen LogP contribution in [0.5, 0.6) is 0 Å². The number of hydrogen-bond donors (Lipinski definition) is 3. The molecular weight excluding hydrogens is 424 g/mol. The maximum atomic E-state index is 11.4. The number of carbonyl (C=O) groups is 2. The van der Waals surface area contributed by atoms with E-state index in [9.17, 15) is 22.6 Å². The van der Waals surface area contributed by atoms with E-state index in [0.717, 1.165) is 25.7 Å². The van der Waals surface area contributed by atoms with Crippen molar-refractivity contribution < 1.29 is 37.5 Å². The molecule has 8 nitrogen and oxygen atoms in total. The Balaban J connectivity index is 0. The van der Waals surface area contributed by atoms with Gasteiger partial charge in [-0.1, -0.05) is 83.3 Å². The van der Waals surface area contributed by atoms with Crippen LogP contribution in [0.2, 0.25) is 0 Å². The Hall–Kier alpha value is -1.71. The Kier molecular flexibility index (Phi) is 19.3. The summed E-state index contributed by atoms with van der Waals surface area (Å²) in [6.45, 7) is 10.3. The van der Waals surface area contributed by atoms with Crippen molar-refractivity contribution in [2.75, 3.05) is 13.2 Å². The van der Waals surface area contributed by atoms with Crippen molar-refractivity contribution in [1.82, 2.24) is 0 Å². The Morgan fingerprint density at radius 1 is 0.871 bits per heavy atom. The second-order valence-corrected chi connectivity index (χ2v) is 9.12. The lowest BCUT2D eigenvalue weighted by molar-refractivity contribution is -0.147. The summed E-state index contributed by atoms with van der Waals surface area (Å²) >= 11 is 0. The summed E-state index contributed by atoms with van der Waals surface area (Å²) in [6, 6.07) is 0. The summed E-state index contributed by atoms with van der Waals surface area (Å²) in [4.78, 5) is 22.1. The number of aliphatic carboxylic acids is 2. The van der Waals surface area contributed by atoms with Crippen molar-refractivity contribution >= 4 is 22.1 Å². The number of carboxylic acid groups (broad SMARTS) is 2. The van der Waals surface area contributed by atoms with Crippen LogP contribution in [0, 0.1) is 0 Å².